The summed E-state index contributed by atoms with van der Waals surface area (Å²) in [4.78, 5) is 10.9. The van der Waals surface area contributed by atoms with Crippen molar-refractivity contribution in [3.05, 3.63) is 17.6 Å². The average molecular weight is 284 g/mol. The van der Waals surface area contributed by atoms with Crippen molar-refractivity contribution in [2.45, 2.75) is 32.7 Å². The molecule has 1 unspecified atom stereocenters. The Morgan fingerprint density at radius 3 is 2.89 bits per heavy atom. The summed E-state index contributed by atoms with van der Waals surface area (Å²) >= 11 is 0. The van der Waals surface area contributed by atoms with Crippen molar-refractivity contribution in [3.8, 4) is 0 Å². The molecule has 19 heavy (non-hydrogen) atoms. The molecule has 1 aliphatic heterocycles. The first kappa shape index (κ1) is 14.2. The summed E-state index contributed by atoms with van der Waals surface area (Å²) in [7, 11) is -1.76. The van der Waals surface area contributed by atoms with Gasteiger partial charge in [0.25, 0.3) is 0 Å². The number of nitrogens with one attached hydrogen (secondary N) is 1. The Labute approximate surface area is 114 Å². The molecule has 0 spiro atoms. The van der Waals surface area contributed by atoms with Crippen molar-refractivity contribution in [3.63, 3.8) is 0 Å². The van der Waals surface area contributed by atoms with Gasteiger partial charge < -0.3 is 4.90 Å². The minimum absolute atomic E-state index is 0.0211. The fraction of sp³-hybridized carbons (Fsp3) is 0.667. The summed E-state index contributed by atoms with van der Waals surface area (Å²) in [6.07, 6.45) is 3.59. The van der Waals surface area contributed by atoms with Crippen LogP contribution in [0.1, 0.15) is 24.2 Å². The molecular formula is C12H20N4O2S. The number of rotatable bonds is 4. The second-order valence-corrected chi connectivity index (χ2v) is 6.87. The van der Waals surface area contributed by atoms with Crippen LogP contribution in [-0.4, -0.2) is 43.8 Å². The maximum atomic E-state index is 11.7. The van der Waals surface area contributed by atoms with Gasteiger partial charge in [0.1, 0.15) is 0 Å². The molecule has 6 nitrogen and oxygen atoms in total. The summed E-state index contributed by atoms with van der Waals surface area (Å²) in [5, 5.41) is 0. The molecule has 1 atom stereocenters. The van der Waals surface area contributed by atoms with Crippen LogP contribution in [0.2, 0.25) is 0 Å². The molecule has 1 aromatic heterocycles. The lowest BCUT2D eigenvalue weighted by Crippen LogP contribution is -2.39. The van der Waals surface area contributed by atoms with E-state index in [1.165, 1.54) is 7.05 Å². The molecule has 0 bridgehead atoms. The smallest absolute Gasteiger partial charge is 0.213 e. The Kier molecular flexibility index (Phi) is 4.05. The van der Waals surface area contributed by atoms with Crippen LogP contribution in [0.15, 0.2) is 6.20 Å². The fourth-order valence-corrected chi connectivity index (χ4v) is 3.44. The van der Waals surface area contributed by atoms with Gasteiger partial charge in [0, 0.05) is 18.8 Å². The highest BCUT2D eigenvalue weighted by atomic mass is 32.2. The van der Waals surface area contributed by atoms with E-state index >= 15 is 0 Å². The molecule has 0 saturated carbocycles. The molecule has 106 valence electrons. The number of nitrogens with zero attached hydrogens (tertiary/aromatic N) is 3. The number of hydrogen-bond acceptors (Lipinski definition) is 5. The minimum atomic E-state index is -3.21. The van der Waals surface area contributed by atoms with Crippen LogP contribution >= 0.6 is 0 Å². The second-order valence-electron chi connectivity index (χ2n) is 4.90. The van der Waals surface area contributed by atoms with Gasteiger partial charge in [-0.15, -0.1) is 0 Å². The molecule has 0 aromatic carbocycles. The molecule has 2 heterocycles. The first-order chi connectivity index (χ1) is 8.93. The van der Waals surface area contributed by atoms with Gasteiger partial charge in [0.05, 0.1) is 17.1 Å². The van der Waals surface area contributed by atoms with Crippen LogP contribution in [0, 0.1) is 13.8 Å². The number of hydrogen-bond donors (Lipinski definition) is 1. The SMILES string of the molecule is CNS(=O)(=O)CC1CCCN1c1nc(C)cnc1C. The van der Waals surface area contributed by atoms with E-state index in [1.54, 1.807) is 6.20 Å². The zero-order chi connectivity index (χ0) is 14.0. The van der Waals surface area contributed by atoms with Crippen LogP contribution < -0.4 is 9.62 Å². The third-order valence-corrected chi connectivity index (χ3v) is 4.87. The van der Waals surface area contributed by atoms with E-state index in [1.807, 2.05) is 13.8 Å². The average Bonchev–Trinajstić information content (AvgIpc) is 2.79. The Bertz CT molecular complexity index is 559. The predicted molar refractivity (Wildman–Crippen MR) is 74.7 cm³/mol. The molecule has 1 aliphatic rings. The van der Waals surface area contributed by atoms with Crippen LogP contribution in [0.4, 0.5) is 5.82 Å². The zero-order valence-electron chi connectivity index (χ0n) is 11.5. The summed E-state index contributed by atoms with van der Waals surface area (Å²) in [5.74, 6) is 0.923. The zero-order valence-corrected chi connectivity index (χ0v) is 12.4. The summed E-state index contributed by atoms with van der Waals surface area (Å²) < 4.78 is 25.8. The molecule has 1 saturated heterocycles. The third-order valence-electron chi connectivity index (χ3n) is 3.42. The Morgan fingerprint density at radius 2 is 2.21 bits per heavy atom. The molecule has 1 fully saturated rings. The Balaban J connectivity index is 2.26. The largest absolute Gasteiger partial charge is 0.351 e. The van der Waals surface area contributed by atoms with Crippen LogP contribution in [-0.2, 0) is 10.0 Å². The van der Waals surface area contributed by atoms with Gasteiger partial charge in [-0.25, -0.2) is 18.1 Å². The maximum absolute atomic E-state index is 11.7. The highest BCUT2D eigenvalue weighted by Gasteiger charge is 2.30. The monoisotopic (exact) mass is 284 g/mol. The first-order valence-electron chi connectivity index (χ1n) is 6.41. The first-order valence-corrected chi connectivity index (χ1v) is 8.06. The molecule has 7 heteroatoms. The number of aromatic nitrogens is 2. The van der Waals surface area contributed by atoms with E-state index in [0.717, 1.165) is 36.6 Å². The van der Waals surface area contributed by atoms with Gasteiger partial charge in [-0.3, -0.25) is 4.98 Å². The maximum Gasteiger partial charge on any atom is 0.213 e. The van der Waals surface area contributed by atoms with Crippen molar-refractivity contribution in [1.82, 2.24) is 14.7 Å². The van der Waals surface area contributed by atoms with Gasteiger partial charge >= 0.3 is 0 Å². The molecule has 2 rings (SSSR count). The third kappa shape index (κ3) is 3.22. The van der Waals surface area contributed by atoms with Crippen molar-refractivity contribution >= 4 is 15.8 Å². The lowest BCUT2D eigenvalue weighted by Gasteiger charge is -2.26. The van der Waals surface area contributed by atoms with E-state index < -0.39 is 10.0 Å². The van der Waals surface area contributed by atoms with E-state index in [2.05, 4.69) is 19.6 Å². The van der Waals surface area contributed by atoms with E-state index in [9.17, 15) is 8.42 Å². The van der Waals surface area contributed by atoms with Gasteiger partial charge in [-0.2, -0.15) is 0 Å². The highest BCUT2D eigenvalue weighted by Crippen LogP contribution is 2.26. The summed E-state index contributed by atoms with van der Waals surface area (Å²) in [5.41, 5.74) is 1.70. The number of aryl methyl sites for hydroxylation is 2. The lowest BCUT2D eigenvalue weighted by atomic mass is 10.2. The quantitative estimate of drug-likeness (QED) is 0.877. The molecule has 0 aliphatic carbocycles. The topological polar surface area (TPSA) is 75.2 Å². The molecular weight excluding hydrogens is 264 g/mol. The van der Waals surface area contributed by atoms with Gasteiger partial charge in [0.15, 0.2) is 5.82 Å². The molecule has 1 aromatic rings. The van der Waals surface area contributed by atoms with E-state index in [0.29, 0.717) is 0 Å². The van der Waals surface area contributed by atoms with Crippen LogP contribution in [0.3, 0.4) is 0 Å². The van der Waals surface area contributed by atoms with E-state index in [4.69, 9.17) is 0 Å². The highest BCUT2D eigenvalue weighted by molar-refractivity contribution is 7.89. The van der Waals surface area contributed by atoms with Crippen molar-refractivity contribution in [2.24, 2.45) is 0 Å². The lowest BCUT2D eigenvalue weighted by molar-refractivity contribution is 0.577. The van der Waals surface area contributed by atoms with Crippen LogP contribution in [0.5, 0.6) is 0 Å². The Morgan fingerprint density at radius 1 is 1.47 bits per heavy atom. The summed E-state index contributed by atoms with van der Waals surface area (Å²) in [6, 6.07) is -0.0211. The Hall–Kier alpha value is -1.21. The van der Waals surface area contributed by atoms with Crippen LogP contribution in [0.25, 0.3) is 0 Å². The summed E-state index contributed by atoms with van der Waals surface area (Å²) in [6.45, 7) is 4.64. The van der Waals surface area contributed by atoms with Crippen molar-refractivity contribution < 1.29 is 8.42 Å². The second kappa shape index (κ2) is 5.42. The number of anilines is 1. The van der Waals surface area contributed by atoms with E-state index in [-0.39, 0.29) is 11.8 Å². The molecule has 1 N–H and O–H groups in total. The van der Waals surface area contributed by atoms with Gasteiger partial charge in [-0.1, -0.05) is 0 Å². The minimum Gasteiger partial charge on any atom is -0.351 e. The van der Waals surface area contributed by atoms with Crippen molar-refractivity contribution in [2.75, 3.05) is 24.2 Å². The van der Waals surface area contributed by atoms with Crippen molar-refractivity contribution in [1.29, 1.82) is 0 Å². The molecule has 0 radical (unpaired) electrons. The number of sulfonamides is 1. The standard InChI is InChI=1S/C12H20N4O2S/c1-9-7-14-10(2)12(15-9)16-6-4-5-11(16)8-19(17,18)13-3/h7,11,13H,4-6,8H2,1-3H3. The normalized spacial score (nSPS) is 19.9. The molecule has 0 amide bonds. The van der Waals surface area contributed by atoms with Gasteiger partial charge in [0.2, 0.25) is 10.0 Å². The fourth-order valence-electron chi connectivity index (χ4n) is 2.42. The predicted octanol–water partition coefficient (Wildman–Crippen LogP) is 0.611. The van der Waals surface area contributed by atoms with Gasteiger partial charge in [-0.05, 0) is 33.7 Å².